The second-order valence-corrected chi connectivity index (χ2v) is 12.7. The minimum absolute atomic E-state index is 0.626. The fourth-order valence-electron chi connectivity index (χ4n) is 3.42. The predicted molar refractivity (Wildman–Crippen MR) is 160 cm³/mol. The molecule has 0 bridgehead atoms. The van der Waals surface area contributed by atoms with Gasteiger partial charge < -0.3 is 9.64 Å². The molecule has 33 heavy (non-hydrogen) atoms. The van der Waals surface area contributed by atoms with Crippen molar-refractivity contribution in [2.45, 2.75) is 7.49 Å². The summed E-state index contributed by atoms with van der Waals surface area (Å²) in [6, 6.07) is 28.3. The lowest BCUT2D eigenvalue weighted by Crippen LogP contribution is -2.34. The molecule has 0 radical (unpaired) electrons. The van der Waals surface area contributed by atoms with Crippen LogP contribution in [0.5, 0.6) is 5.75 Å². The molecule has 0 saturated carbocycles. The summed E-state index contributed by atoms with van der Waals surface area (Å²) in [5.74, 6) is 0.823. The summed E-state index contributed by atoms with van der Waals surface area (Å²) in [5, 5.41) is 0. The first kappa shape index (κ1) is 26.5. The maximum atomic E-state index is 5.90. The highest BCUT2D eigenvalue weighted by Crippen LogP contribution is 2.55. The zero-order chi connectivity index (χ0) is 24.1. The van der Waals surface area contributed by atoms with Crippen molar-refractivity contribution < 1.29 is 4.74 Å². The van der Waals surface area contributed by atoms with Gasteiger partial charge in [-0.1, -0.05) is 72.8 Å². The highest BCUT2D eigenvalue weighted by Gasteiger charge is 2.44. The Kier molecular flexibility index (Phi) is 9.29. The maximum Gasteiger partial charge on any atom is 0.126 e. The Hall–Kier alpha value is -1.09. The Morgan fingerprint density at radius 2 is 1.18 bits per heavy atom. The summed E-state index contributed by atoms with van der Waals surface area (Å²) in [4.78, 5) is 2.09. The molecule has 0 fully saturated rings. The van der Waals surface area contributed by atoms with E-state index in [2.05, 4.69) is 67.1 Å². The molecule has 0 aliphatic heterocycles. The molecular formula is C26H29NOS5. The average Bonchev–Trinajstić information content (AvgIpc) is 2.78. The number of thiol groups is 5. The molecule has 0 aliphatic rings. The smallest absolute Gasteiger partial charge is 0.126 e. The molecule has 0 unspecified atom stereocenters. The molecule has 0 saturated heterocycles. The lowest BCUT2D eigenvalue weighted by Gasteiger charge is -2.38. The van der Waals surface area contributed by atoms with Crippen molar-refractivity contribution in [2.24, 2.45) is 0 Å². The largest absolute Gasteiger partial charge is 0.492 e. The van der Waals surface area contributed by atoms with Gasteiger partial charge in [0.25, 0.3) is 0 Å². The van der Waals surface area contributed by atoms with Gasteiger partial charge in [0.05, 0.1) is 0 Å². The van der Waals surface area contributed by atoms with E-state index in [1.807, 2.05) is 74.8 Å². The molecule has 0 aliphatic carbocycles. The number of likely N-dealkylation sites (N-methyl/N-ethyl adjacent to an activating group) is 1. The van der Waals surface area contributed by atoms with E-state index in [0.717, 1.165) is 40.1 Å². The fourth-order valence-corrected chi connectivity index (χ4v) is 4.23. The fraction of sp³-hybridized carbons (Fsp3) is 0.231. The van der Waals surface area contributed by atoms with Crippen molar-refractivity contribution in [2.75, 3.05) is 27.2 Å². The lowest BCUT2D eigenvalue weighted by atomic mass is 9.87. The first-order chi connectivity index (χ1) is 15.6. The molecule has 3 aromatic carbocycles. The van der Waals surface area contributed by atoms with Crippen LogP contribution in [0.3, 0.4) is 0 Å². The van der Waals surface area contributed by atoms with Gasteiger partial charge in [-0.3, -0.25) is 0 Å². The van der Waals surface area contributed by atoms with Crippen molar-refractivity contribution in [3.8, 4) is 5.75 Å². The number of nitrogens with zero attached hydrogens (tertiary/aromatic N) is 1. The van der Waals surface area contributed by atoms with Crippen LogP contribution in [-0.4, -0.2) is 39.6 Å². The third kappa shape index (κ3) is 6.74. The second-order valence-electron chi connectivity index (χ2n) is 7.97. The minimum Gasteiger partial charge on any atom is -0.492 e. The standard InChI is InChI=1S/C26H29NOS5/c1-27(2)17-18-28-22-15-13-20(14-16-22)23(19-9-5-3-6-10-19)24(21-11-7-4-8-12-21)25(29,30)26(31,32)33/h3-16,29-33H,17-18H2,1-2H3/b24-23+. The Balaban J connectivity index is 2.21. The van der Waals surface area contributed by atoms with E-state index in [1.165, 1.54) is 0 Å². The van der Waals surface area contributed by atoms with E-state index in [4.69, 9.17) is 30.0 Å². The van der Waals surface area contributed by atoms with Crippen LogP contribution in [0, 0.1) is 0 Å². The summed E-state index contributed by atoms with van der Waals surface area (Å²) in [5.41, 5.74) is 4.85. The molecule has 2 nitrogen and oxygen atoms in total. The molecule has 3 rings (SSSR count). The van der Waals surface area contributed by atoms with Crippen LogP contribution in [0.4, 0.5) is 0 Å². The minimum atomic E-state index is -1.13. The van der Waals surface area contributed by atoms with E-state index in [9.17, 15) is 0 Å². The summed E-state index contributed by atoms with van der Waals surface area (Å²) in [6.45, 7) is 1.48. The molecule has 0 N–H and O–H groups in total. The molecule has 7 heteroatoms. The summed E-state index contributed by atoms with van der Waals surface area (Å²) in [6.07, 6.45) is 0. The quantitative estimate of drug-likeness (QED) is 0.121. The number of benzene rings is 3. The number of hydrogen-bond donors (Lipinski definition) is 5. The van der Waals surface area contributed by atoms with Gasteiger partial charge in [0.1, 0.15) is 19.8 Å². The van der Waals surface area contributed by atoms with E-state index in [-0.39, 0.29) is 0 Å². The van der Waals surface area contributed by atoms with Crippen molar-refractivity contribution in [1.29, 1.82) is 0 Å². The zero-order valence-electron chi connectivity index (χ0n) is 18.6. The average molecular weight is 532 g/mol. The van der Waals surface area contributed by atoms with E-state index in [1.54, 1.807) is 0 Å². The number of hydrogen-bond acceptors (Lipinski definition) is 7. The van der Waals surface area contributed by atoms with E-state index >= 15 is 0 Å². The first-order valence-corrected chi connectivity index (χ1v) is 12.7. The SMILES string of the molecule is CN(C)CCOc1ccc(/C(=C(\c2ccccc2)C(S)(S)C(S)(S)S)c2ccccc2)cc1. The third-order valence-corrected chi connectivity index (χ3v) is 8.32. The highest BCUT2D eigenvalue weighted by atomic mass is 32.2. The topological polar surface area (TPSA) is 12.5 Å². The van der Waals surface area contributed by atoms with Gasteiger partial charge >= 0.3 is 0 Å². The van der Waals surface area contributed by atoms with Crippen LogP contribution >= 0.6 is 63.1 Å². The van der Waals surface area contributed by atoms with Gasteiger partial charge in [0.2, 0.25) is 0 Å². The Morgan fingerprint density at radius 3 is 1.67 bits per heavy atom. The lowest BCUT2D eigenvalue weighted by molar-refractivity contribution is 0.261. The van der Waals surface area contributed by atoms with E-state index in [0.29, 0.717) is 6.61 Å². The molecule has 0 atom stereocenters. The van der Waals surface area contributed by atoms with E-state index < -0.39 is 7.49 Å². The van der Waals surface area contributed by atoms with Crippen LogP contribution in [0.15, 0.2) is 84.9 Å². The van der Waals surface area contributed by atoms with Crippen molar-refractivity contribution in [3.05, 3.63) is 102 Å². The van der Waals surface area contributed by atoms with Crippen molar-refractivity contribution in [1.82, 2.24) is 4.90 Å². The summed E-state index contributed by atoms with van der Waals surface area (Å²) < 4.78 is 3.67. The summed E-state index contributed by atoms with van der Waals surface area (Å²) in [7, 11) is 4.06. The molecule has 174 valence electrons. The molecular weight excluding hydrogens is 503 g/mol. The first-order valence-electron chi connectivity index (χ1n) is 10.5. The van der Waals surface area contributed by atoms with Crippen LogP contribution in [0.2, 0.25) is 0 Å². The number of ether oxygens (including phenoxy) is 1. The second kappa shape index (κ2) is 11.6. The monoisotopic (exact) mass is 531 g/mol. The third-order valence-electron chi connectivity index (χ3n) is 5.14. The molecule has 0 heterocycles. The zero-order valence-corrected chi connectivity index (χ0v) is 23.1. The Morgan fingerprint density at radius 1 is 0.697 bits per heavy atom. The summed E-state index contributed by atoms with van der Waals surface area (Å²) >= 11 is 23.8. The van der Waals surface area contributed by atoms with Crippen LogP contribution in [-0.2, 0) is 0 Å². The van der Waals surface area contributed by atoms with Crippen LogP contribution < -0.4 is 4.74 Å². The van der Waals surface area contributed by atoms with Crippen LogP contribution in [0.1, 0.15) is 16.7 Å². The molecule has 3 aromatic rings. The molecule has 0 amide bonds. The van der Waals surface area contributed by atoms with Gasteiger partial charge in [-0.2, -0.15) is 25.3 Å². The van der Waals surface area contributed by atoms with Crippen molar-refractivity contribution in [3.63, 3.8) is 0 Å². The van der Waals surface area contributed by atoms with Gasteiger partial charge in [-0.05, 0) is 54.1 Å². The number of rotatable bonds is 9. The van der Waals surface area contributed by atoms with Gasteiger partial charge in [-0.15, -0.1) is 37.9 Å². The normalized spacial score (nSPS) is 13.1. The maximum absolute atomic E-state index is 5.90. The molecule has 0 aromatic heterocycles. The predicted octanol–water partition coefficient (Wildman–Crippen LogP) is 6.59. The van der Waals surface area contributed by atoms with Gasteiger partial charge in [0, 0.05) is 6.54 Å². The Bertz CT molecular complexity index is 1060. The molecule has 0 spiro atoms. The van der Waals surface area contributed by atoms with Gasteiger partial charge in [0.15, 0.2) is 0 Å². The van der Waals surface area contributed by atoms with Crippen molar-refractivity contribution >= 4 is 74.3 Å². The Labute approximate surface area is 224 Å². The highest BCUT2D eigenvalue weighted by molar-refractivity contribution is 8.20. The van der Waals surface area contributed by atoms with Gasteiger partial charge in [-0.25, -0.2) is 0 Å². The van der Waals surface area contributed by atoms with Crippen LogP contribution in [0.25, 0.3) is 11.1 Å².